The Morgan fingerprint density at radius 2 is 2.11 bits per heavy atom. The van der Waals surface area contributed by atoms with Gasteiger partial charge in [0.2, 0.25) is 5.91 Å². The van der Waals surface area contributed by atoms with Crippen LogP contribution in [0.15, 0.2) is 24.3 Å². The fraction of sp³-hybridized carbons (Fsp3) is 0.429. The van der Waals surface area contributed by atoms with Gasteiger partial charge in [0.25, 0.3) is 0 Å². The number of hydrogen-bond acceptors (Lipinski definition) is 4. The number of carbonyl (C=O) groups is 2. The minimum atomic E-state index is -0.327. The van der Waals surface area contributed by atoms with Crippen molar-refractivity contribution in [3.8, 4) is 16.2 Å². The van der Waals surface area contributed by atoms with Crippen LogP contribution in [0.4, 0.5) is 4.39 Å². The Labute approximate surface area is 162 Å². The average molecular weight is 389 g/mol. The van der Waals surface area contributed by atoms with E-state index < -0.39 is 0 Å². The summed E-state index contributed by atoms with van der Waals surface area (Å²) in [6, 6.07) is 6.50. The molecule has 144 valence electrons. The molecule has 1 N–H and O–H groups in total. The highest BCUT2D eigenvalue weighted by molar-refractivity contribution is 7.17. The highest BCUT2D eigenvalue weighted by Gasteiger charge is 2.28. The van der Waals surface area contributed by atoms with Crippen LogP contribution < -0.4 is 10.1 Å². The second-order valence-electron chi connectivity index (χ2n) is 7.34. The molecular formula is C21H24FNO3S. The van der Waals surface area contributed by atoms with Gasteiger partial charge in [-0.05, 0) is 43.5 Å². The molecule has 0 saturated carbocycles. The third-order valence-corrected chi connectivity index (χ3v) is 5.78. The van der Waals surface area contributed by atoms with Gasteiger partial charge in [-0.1, -0.05) is 13.8 Å². The van der Waals surface area contributed by atoms with E-state index in [-0.39, 0.29) is 23.6 Å². The number of fused-ring (bicyclic) bond motifs is 1. The lowest BCUT2D eigenvalue weighted by Crippen LogP contribution is -2.34. The third-order valence-electron chi connectivity index (χ3n) is 4.56. The topological polar surface area (TPSA) is 55.4 Å². The molecule has 0 radical (unpaired) electrons. The summed E-state index contributed by atoms with van der Waals surface area (Å²) in [5, 5.41) is 2.91. The van der Waals surface area contributed by atoms with Crippen LogP contribution in [0.5, 0.6) is 5.75 Å². The van der Waals surface area contributed by atoms with Gasteiger partial charge in [-0.25, -0.2) is 4.39 Å². The van der Waals surface area contributed by atoms with E-state index in [2.05, 4.69) is 19.2 Å². The Balaban J connectivity index is 1.71. The Bertz CT molecular complexity index is 859. The van der Waals surface area contributed by atoms with E-state index in [0.29, 0.717) is 41.5 Å². The van der Waals surface area contributed by atoms with E-state index in [9.17, 15) is 14.0 Å². The first-order valence-corrected chi connectivity index (χ1v) is 10.0. The first kappa shape index (κ1) is 19.5. The number of rotatable bonds is 7. The van der Waals surface area contributed by atoms with Crippen LogP contribution in [-0.2, 0) is 11.2 Å². The standard InChI is InChI=1S/C21H24FNO3S/c1-12(2)4-7-20(25)23-11-16-9-14-8-15(22)10-17(21(14)26-16)19-6-5-18(27-19)13(3)24/h5-6,8,10,12,16H,4,7,9,11H2,1-3H3,(H,23,25). The summed E-state index contributed by atoms with van der Waals surface area (Å²) in [6.07, 6.45) is 1.69. The number of thiophene rings is 1. The summed E-state index contributed by atoms with van der Waals surface area (Å²) in [4.78, 5) is 24.9. The number of amides is 1. The van der Waals surface area contributed by atoms with Crippen LogP contribution in [0.25, 0.3) is 10.4 Å². The van der Waals surface area contributed by atoms with Crippen LogP contribution in [0.1, 0.15) is 48.8 Å². The van der Waals surface area contributed by atoms with Crippen molar-refractivity contribution in [2.45, 2.75) is 46.1 Å². The van der Waals surface area contributed by atoms with E-state index >= 15 is 0 Å². The van der Waals surface area contributed by atoms with Crippen molar-refractivity contribution in [1.82, 2.24) is 5.32 Å². The molecule has 1 atom stereocenters. The van der Waals surface area contributed by atoms with Gasteiger partial charge in [0.15, 0.2) is 5.78 Å². The lowest BCUT2D eigenvalue weighted by molar-refractivity contribution is -0.121. The fourth-order valence-electron chi connectivity index (χ4n) is 3.10. The molecule has 0 fully saturated rings. The quantitative estimate of drug-likeness (QED) is 0.704. The zero-order chi connectivity index (χ0) is 19.6. The van der Waals surface area contributed by atoms with Crippen LogP contribution in [0, 0.1) is 11.7 Å². The molecule has 1 aromatic carbocycles. The maximum absolute atomic E-state index is 14.1. The minimum Gasteiger partial charge on any atom is -0.487 e. The Kier molecular flexibility index (Phi) is 5.95. The number of hydrogen-bond donors (Lipinski definition) is 1. The molecule has 3 rings (SSSR count). The molecule has 0 saturated heterocycles. The van der Waals surface area contributed by atoms with Gasteiger partial charge in [0, 0.05) is 28.8 Å². The first-order valence-electron chi connectivity index (χ1n) is 9.20. The molecule has 1 unspecified atom stereocenters. The minimum absolute atomic E-state index is 0.0118. The largest absolute Gasteiger partial charge is 0.487 e. The SMILES string of the molecule is CC(=O)c1ccc(-c2cc(F)cc3c2OC(CNC(=O)CCC(C)C)C3)s1. The second kappa shape index (κ2) is 8.21. The Morgan fingerprint density at radius 3 is 2.78 bits per heavy atom. The lowest BCUT2D eigenvalue weighted by Gasteiger charge is -2.13. The summed E-state index contributed by atoms with van der Waals surface area (Å²) in [5.74, 6) is 0.807. The zero-order valence-corrected chi connectivity index (χ0v) is 16.6. The predicted molar refractivity (Wildman–Crippen MR) is 105 cm³/mol. The highest BCUT2D eigenvalue weighted by atomic mass is 32.1. The lowest BCUT2D eigenvalue weighted by atomic mass is 10.0. The van der Waals surface area contributed by atoms with Crippen LogP contribution in [-0.4, -0.2) is 24.3 Å². The van der Waals surface area contributed by atoms with E-state index in [1.54, 1.807) is 6.07 Å². The number of benzene rings is 1. The maximum Gasteiger partial charge on any atom is 0.220 e. The van der Waals surface area contributed by atoms with Crippen LogP contribution in [0.2, 0.25) is 0 Å². The number of ether oxygens (including phenoxy) is 1. The molecule has 2 heterocycles. The number of carbonyl (C=O) groups excluding carboxylic acids is 2. The van der Waals surface area contributed by atoms with Crippen LogP contribution in [0.3, 0.4) is 0 Å². The maximum atomic E-state index is 14.1. The van der Waals surface area contributed by atoms with Gasteiger partial charge in [-0.3, -0.25) is 9.59 Å². The predicted octanol–water partition coefficient (Wildman–Crippen LogP) is 4.61. The molecule has 1 aliphatic rings. The smallest absolute Gasteiger partial charge is 0.220 e. The van der Waals surface area contributed by atoms with E-state index in [1.807, 2.05) is 6.07 Å². The van der Waals surface area contributed by atoms with Crippen molar-refractivity contribution in [2.24, 2.45) is 5.92 Å². The van der Waals surface area contributed by atoms with Crippen molar-refractivity contribution < 1.29 is 18.7 Å². The van der Waals surface area contributed by atoms with Gasteiger partial charge < -0.3 is 10.1 Å². The molecule has 2 aromatic rings. The van der Waals surface area contributed by atoms with Gasteiger partial charge in [-0.15, -0.1) is 11.3 Å². The van der Waals surface area contributed by atoms with Crippen molar-refractivity contribution in [3.63, 3.8) is 0 Å². The Hall–Kier alpha value is -2.21. The number of nitrogens with one attached hydrogen (secondary N) is 1. The number of Topliss-reactive ketones (excluding diaryl/α,β-unsaturated/α-hetero) is 1. The highest BCUT2D eigenvalue weighted by Crippen LogP contribution is 2.42. The summed E-state index contributed by atoms with van der Waals surface area (Å²) in [7, 11) is 0. The molecule has 4 nitrogen and oxygen atoms in total. The fourth-order valence-corrected chi connectivity index (χ4v) is 4.01. The van der Waals surface area contributed by atoms with Gasteiger partial charge in [-0.2, -0.15) is 0 Å². The Morgan fingerprint density at radius 1 is 1.33 bits per heavy atom. The molecule has 0 aliphatic carbocycles. The summed E-state index contributed by atoms with van der Waals surface area (Å²) >= 11 is 1.33. The molecule has 0 spiro atoms. The van der Waals surface area contributed by atoms with Crippen LogP contribution >= 0.6 is 11.3 Å². The van der Waals surface area contributed by atoms with Crippen molar-refractivity contribution in [2.75, 3.05) is 6.54 Å². The molecule has 0 bridgehead atoms. The number of halogens is 1. The van der Waals surface area contributed by atoms with Gasteiger partial charge in [0.05, 0.1) is 11.4 Å². The molecule has 27 heavy (non-hydrogen) atoms. The summed E-state index contributed by atoms with van der Waals surface area (Å²) in [5.41, 5.74) is 1.46. The third kappa shape index (κ3) is 4.75. The van der Waals surface area contributed by atoms with Crippen molar-refractivity contribution in [3.05, 3.63) is 40.5 Å². The van der Waals surface area contributed by atoms with Crippen molar-refractivity contribution >= 4 is 23.0 Å². The van der Waals surface area contributed by atoms with Gasteiger partial charge in [0.1, 0.15) is 17.7 Å². The molecule has 1 aliphatic heterocycles. The molecular weight excluding hydrogens is 365 g/mol. The van der Waals surface area contributed by atoms with E-state index in [0.717, 1.165) is 16.9 Å². The molecule has 1 amide bonds. The molecule has 1 aromatic heterocycles. The summed E-state index contributed by atoms with van der Waals surface area (Å²) < 4.78 is 20.1. The molecule has 6 heteroatoms. The average Bonchev–Trinajstić information content (AvgIpc) is 3.24. The zero-order valence-electron chi connectivity index (χ0n) is 15.8. The second-order valence-corrected chi connectivity index (χ2v) is 8.43. The first-order chi connectivity index (χ1) is 12.8. The van der Waals surface area contributed by atoms with Gasteiger partial charge >= 0.3 is 0 Å². The normalized spacial score (nSPS) is 15.5. The summed E-state index contributed by atoms with van der Waals surface area (Å²) in [6.45, 7) is 6.08. The number of ketones is 1. The monoisotopic (exact) mass is 389 g/mol. The van der Waals surface area contributed by atoms with E-state index in [4.69, 9.17) is 4.74 Å². The van der Waals surface area contributed by atoms with E-state index in [1.165, 1.54) is 30.4 Å². The van der Waals surface area contributed by atoms with Crippen molar-refractivity contribution in [1.29, 1.82) is 0 Å².